The van der Waals surface area contributed by atoms with Crippen LogP contribution in [-0.2, 0) is 31.0 Å². The van der Waals surface area contributed by atoms with Crippen molar-refractivity contribution in [2.24, 2.45) is 0 Å². The Morgan fingerprint density at radius 2 is 1.84 bits per heavy atom. The van der Waals surface area contributed by atoms with Crippen molar-refractivity contribution in [3.63, 3.8) is 0 Å². The van der Waals surface area contributed by atoms with Crippen molar-refractivity contribution in [1.82, 2.24) is 9.62 Å². The Morgan fingerprint density at radius 3 is 2.48 bits per heavy atom. The number of carboxylic acids is 1. The van der Waals surface area contributed by atoms with Gasteiger partial charge in [0.1, 0.15) is 6.04 Å². The second-order valence-corrected chi connectivity index (χ2v) is 9.38. The number of carboxylic acid groups (broad SMARTS) is 1. The number of benzene rings is 2. The second-order valence-electron chi connectivity index (χ2n) is 7.49. The van der Waals surface area contributed by atoms with E-state index < -0.39 is 34.0 Å². The number of ether oxygens (including phenoxy) is 1. The number of carbonyl (C=O) groups is 2. The van der Waals surface area contributed by atoms with E-state index in [0.717, 1.165) is 15.4 Å². The molecule has 31 heavy (non-hydrogen) atoms. The van der Waals surface area contributed by atoms with Crippen LogP contribution >= 0.6 is 0 Å². The third-order valence-corrected chi connectivity index (χ3v) is 7.07. The smallest absolute Gasteiger partial charge is 0.328 e. The molecule has 0 spiro atoms. The highest BCUT2D eigenvalue weighted by molar-refractivity contribution is 7.89. The molecule has 1 aliphatic rings. The molecule has 3 rings (SSSR count). The van der Waals surface area contributed by atoms with Gasteiger partial charge in [0.2, 0.25) is 15.9 Å². The van der Waals surface area contributed by atoms with Crippen LogP contribution in [0.25, 0.3) is 0 Å². The van der Waals surface area contributed by atoms with E-state index in [0.29, 0.717) is 12.8 Å². The molecule has 0 aliphatic carbocycles. The van der Waals surface area contributed by atoms with Gasteiger partial charge in [0.05, 0.1) is 18.1 Å². The van der Waals surface area contributed by atoms with Crippen molar-refractivity contribution < 1.29 is 27.9 Å². The zero-order chi connectivity index (χ0) is 22.4. The standard InChI is InChI=1S/C22H26N2O6S/c1-16-9-11-18(12-10-16)31(28,29)24-13-5-8-20(24)21(25)23-19(22(26)27)15-30-14-17-6-3-2-4-7-17/h2-4,6-7,9-12,19-20H,5,8,13-15H2,1H3,(H,23,25)(H,26,27)/t19-,20-/m0/s1. The Hall–Kier alpha value is -2.75. The third-order valence-electron chi connectivity index (χ3n) is 5.14. The highest BCUT2D eigenvalue weighted by Crippen LogP contribution is 2.26. The summed E-state index contributed by atoms with van der Waals surface area (Å²) in [6.45, 7) is 2.04. The summed E-state index contributed by atoms with van der Waals surface area (Å²) in [5, 5.41) is 11.9. The minimum absolute atomic E-state index is 0.110. The van der Waals surface area contributed by atoms with Crippen LogP contribution < -0.4 is 5.32 Å². The largest absolute Gasteiger partial charge is 0.480 e. The van der Waals surface area contributed by atoms with Crippen molar-refractivity contribution in [1.29, 1.82) is 0 Å². The Balaban J connectivity index is 1.65. The summed E-state index contributed by atoms with van der Waals surface area (Å²) in [6, 6.07) is 13.4. The van der Waals surface area contributed by atoms with Crippen LogP contribution in [0.1, 0.15) is 24.0 Å². The zero-order valence-electron chi connectivity index (χ0n) is 17.2. The number of carbonyl (C=O) groups excluding carboxylic acids is 1. The fourth-order valence-corrected chi connectivity index (χ4v) is 5.10. The number of nitrogens with one attached hydrogen (secondary N) is 1. The maximum absolute atomic E-state index is 13.0. The van der Waals surface area contributed by atoms with Crippen molar-refractivity contribution in [2.45, 2.75) is 43.4 Å². The van der Waals surface area contributed by atoms with E-state index in [1.807, 2.05) is 37.3 Å². The topological polar surface area (TPSA) is 113 Å². The van der Waals surface area contributed by atoms with Gasteiger partial charge in [0.25, 0.3) is 0 Å². The molecule has 1 saturated heterocycles. The van der Waals surface area contributed by atoms with E-state index in [1.54, 1.807) is 12.1 Å². The second kappa shape index (κ2) is 10.0. The van der Waals surface area contributed by atoms with Crippen LogP contribution in [0.15, 0.2) is 59.5 Å². The van der Waals surface area contributed by atoms with Crippen LogP contribution in [-0.4, -0.2) is 54.9 Å². The molecule has 2 aromatic carbocycles. The van der Waals surface area contributed by atoms with E-state index in [1.165, 1.54) is 12.1 Å². The molecule has 0 aromatic heterocycles. The van der Waals surface area contributed by atoms with Crippen molar-refractivity contribution >= 4 is 21.9 Å². The summed E-state index contributed by atoms with van der Waals surface area (Å²) in [5.74, 6) is -1.88. The lowest BCUT2D eigenvalue weighted by Gasteiger charge is -2.25. The molecule has 0 bridgehead atoms. The summed E-state index contributed by atoms with van der Waals surface area (Å²) < 4.78 is 32.6. The molecular weight excluding hydrogens is 420 g/mol. The summed E-state index contributed by atoms with van der Waals surface area (Å²) in [6.07, 6.45) is 0.847. The molecule has 0 radical (unpaired) electrons. The van der Waals surface area contributed by atoms with Crippen LogP contribution in [0.4, 0.5) is 0 Å². The SMILES string of the molecule is Cc1ccc(S(=O)(=O)N2CCC[C@H]2C(=O)N[C@@H](COCc2ccccc2)C(=O)O)cc1. The molecular formula is C22H26N2O6S. The van der Waals surface area contributed by atoms with Crippen LogP contribution in [0, 0.1) is 6.92 Å². The third kappa shape index (κ3) is 5.69. The van der Waals surface area contributed by atoms with E-state index in [2.05, 4.69) is 5.32 Å². The van der Waals surface area contributed by atoms with Crippen molar-refractivity contribution in [2.75, 3.05) is 13.2 Å². The van der Waals surface area contributed by atoms with E-state index >= 15 is 0 Å². The average molecular weight is 447 g/mol. The Labute approximate surface area is 181 Å². The molecule has 1 aliphatic heterocycles. The van der Waals surface area contributed by atoms with Gasteiger partial charge in [-0.1, -0.05) is 48.0 Å². The molecule has 1 amide bonds. The highest BCUT2D eigenvalue weighted by atomic mass is 32.2. The first-order valence-corrected chi connectivity index (χ1v) is 11.5. The number of aliphatic carboxylic acids is 1. The summed E-state index contributed by atoms with van der Waals surface area (Å²) in [4.78, 5) is 24.5. The number of hydrogen-bond acceptors (Lipinski definition) is 5. The molecule has 9 heteroatoms. The Bertz CT molecular complexity index is 1010. The normalized spacial score (nSPS) is 17.9. The molecule has 8 nitrogen and oxygen atoms in total. The first kappa shape index (κ1) is 22.9. The quantitative estimate of drug-likeness (QED) is 0.609. The molecule has 2 N–H and O–H groups in total. The summed E-state index contributed by atoms with van der Waals surface area (Å²) in [7, 11) is -3.86. The van der Waals surface area contributed by atoms with Gasteiger partial charge >= 0.3 is 5.97 Å². The predicted octanol–water partition coefficient (Wildman–Crippen LogP) is 1.93. The molecule has 2 aromatic rings. The number of rotatable bonds is 9. The molecule has 0 saturated carbocycles. The fourth-order valence-electron chi connectivity index (χ4n) is 3.45. The van der Waals surface area contributed by atoms with Gasteiger partial charge in [-0.3, -0.25) is 4.79 Å². The molecule has 1 fully saturated rings. The fraction of sp³-hybridized carbons (Fsp3) is 0.364. The van der Waals surface area contributed by atoms with Gasteiger partial charge in [-0.05, 0) is 37.5 Å². The van der Waals surface area contributed by atoms with Crippen LogP contribution in [0.2, 0.25) is 0 Å². The zero-order valence-corrected chi connectivity index (χ0v) is 18.0. The number of hydrogen-bond donors (Lipinski definition) is 2. The van der Waals surface area contributed by atoms with Crippen LogP contribution in [0.3, 0.4) is 0 Å². The van der Waals surface area contributed by atoms with E-state index in [9.17, 15) is 23.1 Å². The van der Waals surface area contributed by atoms with Gasteiger partial charge in [0.15, 0.2) is 6.04 Å². The number of aryl methyl sites for hydroxylation is 1. The van der Waals surface area contributed by atoms with Crippen LogP contribution in [0.5, 0.6) is 0 Å². The minimum Gasteiger partial charge on any atom is -0.480 e. The van der Waals surface area contributed by atoms with Gasteiger partial charge in [0, 0.05) is 6.54 Å². The number of nitrogens with zero attached hydrogens (tertiary/aromatic N) is 1. The van der Waals surface area contributed by atoms with Gasteiger partial charge in [-0.25, -0.2) is 13.2 Å². The van der Waals surface area contributed by atoms with E-state index in [-0.39, 0.29) is 24.7 Å². The molecule has 166 valence electrons. The van der Waals surface area contributed by atoms with Crippen molar-refractivity contribution in [3.05, 3.63) is 65.7 Å². The maximum atomic E-state index is 13.0. The van der Waals surface area contributed by atoms with Crippen molar-refractivity contribution in [3.8, 4) is 0 Å². The monoisotopic (exact) mass is 446 g/mol. The van der Waals surface area contributed by atoms with Gasteiger partial charge in [-0.2, -0.15) is 4.31 Å². The number of sulfonamides is 1. The maximum Gasteiger partial charge on any atom is 0.328 e. The average Bonchev–Trinajstić information content (AvgIpc) is 3.25. The first-order chi connectivity index (χ1) is 14.8. The molecule has 1 heterocycles. The predicted molar refractivity (Wildman–Crippen MR) is 114 cm³/mol. The lowest BCUT2D eigenvalue weighted by molar-refractivity contribution is -0.144. The Morgan fingerprint density at radius 1 is 1.16 bits per heavy atom. The summed E-state index contributed by atoms with van der Waals surface area (Å²) >= 11 is 0. The Kier molecular flexibility index (Phi) is 7.42. The number of amides is 1. The van der Waals surface area contributed by atoms with Gasteiger partial charge in [-0.15, -0.1) is 0 Å². The van der Waals surface area contributed by atoms with E-state index in [4.69, 9.17) is 4.74 Å². The molecule has 2 atom stereocenters. The van der Waals surface area contributed by atoms with Gasteiger partial charge < -0.3 is 15.2 Å². The highest BCUT2D eigenvalue weighted by Gasteiger charge is 2.40. The summed E-state index contributed by atoms with van der Waals surface area (Å²) in [5.41, 5.74) is 1.80. The lowest BCUT2D eigenvalue weighted by Crippen LogP contribution is -2.52. The minimum atomic E-state index is -3.86. The molecule has 0 unspecified atom stereocenters. The first-order valence-electron chi connectivity index (χ1n) is 10.0. The lowest BCUT2D eigenvalue weighted by atomic mass is 10.2.